The van der Waals surface area contributed by atoms with Crippen LogP contribution in [0.5, 0.6) is 5.75 Å². The van der Waals surface area contributed by atoms with Crippen LogP contribution in [0.1, 0.15) is 32.2 Å². The van der Waals surface area contributed by atoms with Crippen LogP contribution in [0.4, 0.5) is 4.79 Å². The summed E-state index contributed by atoms with van der Waals surface area (Å²) in [5.74, 6) is 1.80. The third kappa shape index (κ3) is 5.50. The molecule has 0 unspecified atom stereocenters. The van der Waals surface area contributed by atoms with Gasteiger partial charge in [0.15, 0.2) is 11.0 Å². The van der Waals surface area contributed by atoms with Crippen LogP contribution in [0.2, 0.25) is 0 Å². The maximum absolute atomic E-state index is 12.3. The molecule has 1 aromatic carbocycles. The van der Waals surface area contributed by atoms with E-state index < -0.39 is 0 Å². The van der Waals surface area contributed by atoms with Gasteiger partial charge >= 0.3 is 6.03 Å². The molecule has 1 aromatic heterocycles. The summed E-state index contributed by atoms with van der Waals surface area (Å²) < 4.78 is 7.88. The largest absolute Gasteiger partial charge is 0.486 e. The molecule has 0 radical (unpaired) electrons. The van der Waals surface area contributed by atoms with E-state index >= 15 is 0 Å². The highest BCUT2D eigenvalue weighted by Crippen LogP contribution is 2.21. The van der Waals surface area contributed by atoms with Crippen molar-refractivity contribution in [1.82, 2.24) is 25.0 Å². The molecule has 1 N–H and O–H groups in total. The van der Waals surface area contributed by atoms with Gasteiger partial charge in [-0.3, -0.25) is 9.69 Å². The summed E-state index contributed by atoms with van der Waals surface area (Å²) >= 11 is 1.30. The number of aryl methyl sites for hydroxylation is 1. The van der Waals surface area contributed by atoms with E-state index in [1.807, 2.05) is 16.7 Å². The van der Waals surface area contributed by atoms with E-state index in [-0.39, 0.29) is 17.7 Å². The van der Waals surface area contributed by atoms with E-state index in [9.17, 15) is 9.59 Å². The van der Waals surface area contributed by atoms with Crippen LogP contribution in [0, 0.1) is 5.92 Å². The van der Waals surface area contributed by atoms with Crippen LogP contribution >= 0.6 is 11.8 Å². The smallest absolute Gasteiger partial charge is 0.324 e. The minimum atomic E-state index is -0.331. The van der Waals surface area contributed by atoms with Crippen LogP contribution in [-0.4, -0.2) is 50.4 Å². The molecule has 8 nitrogen and oxygen atoms in total. The Kier molecular flexibility index (Phi) is 7.13. The number of nitrogens with one attached hydrogen (secondary N) is 1. The van der Waals surface area contributed by atoms with Crippen LogP contribution < -0.4 is 10.1 Å². The molecule has 0 spiro atoms. The first-order valence-electron chi connectivity index (χ1n) is 9.82. The number of benzene rings is 1. The van der Waals surface area contributed by atoms with Crippen molar-refractivity contribution in [2.75, 3.05) is 18.8 Å². The lowest BCUT2D eigenvalue weighted by Crippen LogP contribution is -2.35. The average molecular weight is 418 g/mol. The van der Waals surface area contributed by atoms with Crippen LogP contribution in [0.3, 0.4) is 0 Å². The summed E-state index contributed by atoms with van der Waals surface area (Å²) in [5, 5.41) is 11.8. The summed E-state index contributed by atoms with van der Waals surface area (Å²) in [4.78, 5) is 25.2. The standard InChI is InChI=1S/C20H27N5O3S/c1-4-15-5-7-16(8-6-15)28-12-17-22-23-20(25(17)11-14(2)3)29-13-18(26)24-10-9-21-19(24)27/h5-8,14H,4,9-13H2,1-3H3,(H,21,27). The fourth-order valence-corrected chi connectivity index (χ4v) is 3.81. The van der Waals surface area contributed by atoms with Gasteiger partial charge in [-0.2, -0.15) is 0 Å². The lowest BCUT2D eigenvalue weighted by Gasteiger charge is -2.14. The average Bonchev–Trinajstić information content (AvgIpc) is 3.30. The monoisotopic (exact) mass is 417 g/mol. The number of rotatable bonds is 9. The Balaban J connectivity index is 1.65. The Bertz CT molecular complexity index is 850. The molecule has 3 rings (SSSR count). The van der Waals surface area contributed by atoms with E-state index in [1.165, 1.54) is 22.2 Å². The fourth-order valence-electron chi connectivity index (χ4n) is 2.96. The van der Waals surface area contributed by atoms with Gasteiger partial charge < -0.3 is 14.6 Å². The summed E-state index contributed by atoms with van der Waals surface area (Å²) in [7, 11) is 0. The van der Waals surface area contributed by atoms with Crippen molar-refractivity contribution >= 4 is 23.7 Å². The number of hydrogen-bond acceptors (Lipinski definition) is 6. The minimum Gasteiger partial charge on any atom is -0.486 e. The zero-order valence-electron chi connectivity index (χ0n) is 17.1. The van der Waals surface area contributed by atoms with Gasteiger partial charge in [-0.05, 0) is 30.0 Å². The number of urea groups is 1. The quantitative estimate of drug-likeness (QED) is 0.631. The third-order valence-electron chi connectivity index (χ3n) is 4.52. The molecule has 2 heterocycles. The van der Waals surface area contributed by atoms with Crippen molar-refractivity contribution in [1.29, 1.82) is 0 Å². The van der Waals surface area contributed by atoms with Gasteiger partial charge in [-0.25, -0.2) is 4.79 Å². The summed E-state index contributed by atoms with van der Waals surface area (Å²) in [6.07, 6.45) is 0.987. The number of imide groups is 1. The fraction of sp³-hybridized carbons (Fsp3) is 0.500. The number of thioether (sulfide) groups is 1. The van der Waals surface area contributed by atoms with E-state index in [4.69, 9.17) is 4.74 Å². The molecule has 1 saturated heterocycles. The summed E-state index contributed by atoms with van der Waals surface area (Å²) in [6.45, 7) is 8.27. The van der Waals surface area contributed by atoms with Gasteiger partial charge in [0.2, 0.25) is 5.91 Å². The van der Waals surface area contributed by atoms with Gasteiger partial charge in [0.25, 0.3) is 0 Å². The molecule has 29 heavy (non-hydrogen) atoms. The highest BCUT2D eigenvalue weighted by atomic mass is 32.2. The molecule has 2 aromatic rings. The molecule has 0 atom stereocenters. The van der Waals surface area contributed by atoms with Crippen LogP contribution in [-0.2, 0) is 24.4 Å². The molecular weight excluding hydrogens is 390 g/mol. The van der Waals surface area contributed by atoms with Gasteiger partial charge in [-0.1, -0.05) is 44.7 Å². The summed E-state index contributed by atoms with van der Waals surface area (Å²) in [6, 6.07) is 7.68. The number of nitrogens with zero attached hydrogens (tertiary/aromatic N) is 4. The zero-order chi connectivity index (χ0) is 20.8. The second-order valence-corrected chi connectivity index (χ2v) is 8.20. The van der Waals surface area contributed by atoms with Crippen molar-refractivity contribution in [3.05, 3.63) is 35.7 Å². The zero-order valence-corrected chi connectivity index (χ0v) is 17.9. The number of carbonyl (C=O) groups is 2. The Morgan fingerprint density at radius 3 is 2.66 bits per heavy atom. The minimum absolute atomic E-state index is 0.142. The lowest BCUT2D eigenvalue weighted by atomic mass is 10.2. The predicted molar refractivity (Wildman–Crippen MR) is 111 cm³/mol. The maximum atomic E-state index is 12.3. The molecule has 1 aliphatic rings. The van der Waals surface area contributed by atoms with Gasteiger partial charge in [0.05, 0.1) is 5.75 Å². The molecule has 156 valence electrons. The van der Waals surface area contributed by atoms with Crippen molar-refractivity contribution in [3.63, 3.8) is 0 Å². The normalized spacial score (nSPS) is 13.8. The third-order valence-corrected chi connectivity index (χ3v) is 5.47. The molecule has 0 bridgehead atoms. The number of ether oxygens (including phenoxy) is 1. The van der Waals surface area contributed by atoms with E-state index in [2.05, 4.69) is 48.4 Å². The van der Waals surface area contributed by atoms with Gasteiger partial charge in [0.1, 0.15) is 12.4 Å². The van der Waals surface area contributed by atoms with Crippen LogP contribution in [0.25, 0.3) is 0 Å². The highest BCUT2D eigenvalue weighted by molar-refractivity contribution is 7.99. The van der Waals surface area contributed by atoms with Crippen molar-refractivity contribution < 1.29 is 14.3 Å². The van der Waals surface area contributed by atoms with E-state index in [0.717, 1.165) is 18.7 Å². The molecule has 3 amide bonds. The lowest BCUT2D eigenvalue weighted by molar-refractivity contribution is -0.124. The first kappa shape index (κ1) is 21.2. The molecular formula is C20H27N5O3S. The number of aromatic nitrogens is 3. The second-order valence-electron chi connectivity index (χ2n) is 7.26. The number of hydrogen-bond donors (Lipinski definition) is 1. The highest BCUT2D eigenvalue weighted by Gasteiger charge is 2.26. The SMILES string of the molecule is CCc1ccc(OCc2nnc(SCC(=O)N3CCNC3=O)n2CC(C)C)cc1. The first-order chi connectivity index (χ1) is 14.0. The van der Waals surface area contributed by atoms with E-state index in [0.29, 0.717) is 36.6 Å². The van der Waals surface area contributed by atoms with Crippen molar-refractivity contribution in [2.24, 2.45) is 5.92 Å². The molecule has 1 aliphatic heterocycles. The van der Waals surface area contributed by atoms with Crippen molar-refractivity contribution in [3.8, 4) is 5.75 Å². The first-order valence-corrected chi connectivity index (χ1v) is 10.8. The molecule has 0 aliphatic carbocycles. The van der Waals surface area contributed by atoms with Crippen LogP contribution in [0.15, 0.2) is 29.4 Å². The topological polar surface area (TPSA) is 89.4 Å². The second kappa shape index (κ2) is 9.78. The van der Waals surface area contributed by atoms with E-state index in [1.54, 1.807) is 0 Å². The Hall–Kier alpha value is -2.55. The Labute approximate surface area is 175 Å². The van der Waals surface area contributed by atoms with Gasteiger partial charge in [0, 0.05) is 19.6 Å². The molecule has 1 fully saturated rings. The molecule has 0 saturated carbocycles. The summed E-state index contributed by atoms with van der Waals surface area (Å²) in [5.41, 5.74) is 1.26. The van der Waals surface area contributed by atoms with Crippen molar-refractivity contribution in [2.45, 2.75) is 45.5 Å². The Morgan fingerprint density at radius 2 is 2.03 bits per heavy atom. The Morgan fingerprint density at radius 1 is 1.28 bits per heavy atom. The maximum Gasteiger partial charge on any atom is 0.324 e. The van der Waals surface area contributed by atoms with Gasteiger partial charge in [-0.15, -0.1) is 10.2 Å². The molecule has 9 heteroatoms. The number of carbonyl (C=O) groups excluding carboxylic acids is 2. The number of amides is 3. The predicted octanol–water partition coefficient (Wildman–Crippen LogP) is 2.72.